The molecule has 5 heteroatoms. The Kier molecular flexibility index (Phi) is 2.64. The van der Waals surface area contributed by atoms with Crippen LogP contribution in [0.3, 0.4) is 0 Å². The van der Waals surface area contributed by atoms with Gasteiger partial charge in [0.1, 0.15) is 5.82 Å². The molecule has 0 N–H and O–H groups in total. The van der Waals surface area contributed by atoms with Gasteiger partial charge in [-0.25, -0.2) is 17.4 Å². The highest BCUT2D eigenvalue weighted by atomic mass is 32.2. The Morgan fingerprint density at radius 3 is 2.47 bits per heavy atom. The molecule has 0 unspecified atom stereocenters. The van der Waals surface area contributed by atoms with Crippen LogP contribution in [0.1, 0.15) is 5.82 Å². The van der Waals surface area contributed by atoms with E-state index in [1.165, 1.54) is 16.4 Å². The number of hydrogen-bond acceptors (Lipinski definition) is 3. The molecule has 0 aliphatic heterocycles. The minimum Gasteiger partial charge on any atom is -0.241 e. The Balaban J connectivity index is 2.22. The zero-order chi connectivity index (χ0) is 13.5. The third kappa shape index (κ3) is 1.92. The molecule has 2 aromatic carbocycles. The largest absolute Gasteiger partial charge is 0.269 e. The summed E-state index contributed by atoms with van der Waals surface area (Å²) in [6.45, 7) is 1.67. The predicted molar refractivity (Wildman–Crippen MR) is 73.5 cm³/mol. The van der Waals surface area contributed by atoms with Crippen LogP contribution in [0.2, 0.25) is 0 Å². The maximum Gasteiger partial charge on any atom is 0.269 e. The Labute approximate surface area is 111 Å². The van der Waals surface area contributed by atoms with E-state index in [4.69, 9.17) is 0 Å². The van der Waals surface area contributed by atoms with Crippen LogP contribution in [0.4, 0.5) is 0 Å². The minimum atomic E-state index is -3.56. The van der Waals surface area contributed by atoms with Gasteiger partial charge < -0.3 is 0 Å². The van der Waals surface area contributed by atoms with Crippen LogP contribution in [-0.2, 0) is 10.0 Å². The number of hydrogen-bond donors (Lipinski definition) is 0. The average molecular weight is 272 g/mol. The molecule has 1 aromatic heterocycles. The van der Waals surface area contributed by atoms with Crippen molar-refractivity contribution in [1.82, 2.24) is 8.96 Å². The highest BCUT2D eigenvalue weighted by molar-refractivity contribution is 7.90. The van der Waals surface area contributed by atoms with E-state index < -0.39 is 10.0 Å². The summed E-state index contributed by atoms with van der Waals surface area (Å²) in [6.07, 6.45) is 2.94. The van der Waals surface area contributed by atoms with Crippen molar-refractivity contribution in [3.63, 3.8) is 0 Å². The van der Waals surface area contributed by atoms with Gasteiger partial charge in [-0.15, -0.1) is 0 Å². The molecule has 0 radical (unpaired) electrons. The van der Waals surface area contributed by atoms with Crippen LogP contribution in [-0.4, -0.2) is 17.4 Å². The van der Waals surface area contributed by atoms with Crippen molar-refractivity contribution in [2.75, 3.05) is 0 Å². The lowest BCUT2D eigenvalue weighted by atomic mass is 10.1. The second kappa shape index (κ2) is 4.20. The molecule has 0 fully saturated rings. The van der Waals surface area contributed by atoms with Gasteiger partial charge in [0.15, 0.2) is 0 Å². The highest BCUT2D eigenvalue weighted by Crippen LogP contribution is 2.21. The molecule has 3 rings (SSSR count). The number of fused-ring (bicyclic) bond motifs is 1. The fourth-order valence-corrected chi connectivity index (χ4v) is 3.41. The van der Waals surface area contributed by atoms with Gasteiger partial charge in [0, 0.05) is 12.4 Å². The van der Waals surface area contributed by atoms with Crippen molar-refractivity contribution in [1.29, 1.82) is 0 Å². The normalized spacial score (nSPS) is 11.8. The zero-order valence-electron chi connectivity index (χ0n) is 10.3. The van der Waals surface area contributed by atoms with Crippen LogP contribution in [0, 0.1) is 6.92 Å². The number of nitrogens with zero attached hydrogens (tertiary/aromatic N) is 2. The summed E-state index contributed by atoms with van der Waals surface area (Å²) in [6, 6.07) is 12.8. The molecule has 0 aliphatic rings. The molecule has 0 saturated heterocycles. The molecule has 1 heterocycles. The molecule has 0 bridgehead atoms. The monoisotopic (exact) mass is 272 g/mol. The Hall–Kier alpha value is -2.14. The lowest BCUT2D eigenvalue weighted by Crippen LogP contribution is -2.13. The van der Waals surface area contributed by atoms with Crippen molar-refractivity contribution in [2.24, 2.45) is 0 Å². The first kappa shape index (κ1) is 11.9. The minimum absolute atomic E-state index is 0.271. The number of imidazole rings is 1. The summed E-state index contributed by atoms with van der Waals surface area (Å²) in [5, 5.41) is 1.92. The Bertz CT molecular complexity index is 851. The van der Waals surface area contributed by atoms with Crippen LogP contribution >= 0.6 is 0 Å². The molecule has 0 atom stereocenters. The van der Waals surface area contributed by atoms with Crippen molar-refractivity contribution in [3.05, 3.63) is 60.7 Å². The van der Waals surface area contributed by atoms with E-state index in [1.807, 2.05) is 30.3 Å². The molecule has 0 amide bonds. The van der Waals surface area contributed by atoms with Crippen LogP contribution < -0.4 is 0 Å². The second-order valence-electron chi connectivity index (χ2n) is 4.28. The van der Waals surface area contributed by atoms with Crippen LogP contribution in [0.5, 0.6) is 0 Å². The predicted octanol–water partition coefficient (Wildman–Crippen LogP) is 2.58. The third-order valence-corrected chi connectivity index (χ3v) is 4.81. The van der Waals surface area contributed by atoms with E-state index in [-0.39, 0.29) is 4.90 Å². The van der Waals surface area contributed by atoms with Crippen molar-refractivity contribution >= 4 is 20.8 Å². The average Bonchev–Trinajstić information content (AvgIpc) is 2.85. The van der Waals surface area contributed by atoms with Crippen molar-refractivity contribution in [2.45, 2.75) is 11.8 Å². The van der Waals surface area contributed by atoms with E-state index in [1.54, 1.807) is 19.1 Å². The van der Waals surface area contributed by atoms with Gasteiger partial charge in [-0.05, 0) is 29.8 Å². The number of benzene rings is 2. The summed E-state index contributed by atoms with van der Waals surface area (Å²) in [4.78, 5) is 4.23. The molecular formula is C14H12N2O2S. The summed E-state index contributed by atoms with van der Waals surface area (Å²) < 4.78 is 26.2. The number of rotatable bonds is 2. The molecule has 3 aromatic rings. The standard InChI is InChI=1S/C14H12N2O2S/c1-11-15-8-9-16(11)19(17,18)14-7-6-12-4-2-3-5-13(12)10-14/h2-10H,1H3. The zero-order valence-corrected chi connectivity index (χ0v) is 11.1. The smallest absolute Gasteiger partial charge is 0.241 e. The molecular weight excluding hydrogens is 260 g/mol. The van der Waals surface area contributed by atoms with Crippen molar-refractivity contribution in [3.8, 4) is 0 Å². The lowest BCUT2D eigenvalue weighted by molar-refractivity contribution is 0.586. The summed E-state index contributed by atoms with van der Waals surface area (Å²) in [5.74, 6) is 0.452. The van der Waals surface area contributed by atoms with Gasteiger partial charge in [-0.2, -0.15) is 0 Å². The van der Waals surface area contributed by atoms with Crippen LogP contribution in [0.15, 0.2) is 59.8 Å². The summed E-state index contributed by atoms with van der Waals surface area (Å²) >= 11 is 0. The first-order valence-electron chi connectivity index (χ1n) is 5.83. The first-order chi connectivity index (χ1) is 9.09. The van der Waals surface area contributed by atoms with Crippen molar-refractivity contribution < 1.29 is 8.42 Å². The quantitative estimate of drug-likeness (QED) is 0.720. The van der Waals surface area contributed by atoms with Gasteiger partial charge in [0.25, 0.3) is 10.0 Å². The Morgan fingerprint density at radius 2 is 1.79 bits per heavy atom. The topological polar surface area (TPSA) is 52.0 Å². The van der Waals surface area contributed by atoms with Crippen LogP contribution in [0.25, 0.3) is 10.8 Å². The fraction of sp³-hybridized carbons (Fsp3) is 0.0714. The maximum absolute atomic E-state index is 12.5. The summed E-state index contributed by atoms with van der Waals surface area (Å²) in [5.41, 5.74) is 0. The van der Waals surface area contributed by atoms with Gasteiger partial charge in [0.2, 0.25) is 0 Å². The first-order valence-corrected chi connectivity index (χ1v) is 7.27. The Morgan fingerprint density at radius 1 is 1.05 bits per heavy atom. The van der Waals surface area contributed by atoms with E-state index in [2.05, 4.69) is 4.98 Å². The van der Waals surface area contributed by atoms with E-state index in [0.717, 1.165) is 10.8 Å². The second-order valence-corrected chi connectivity index (χ2v) is 6.10. The number of aryl methyl sites for hydroxylation is 1. The molecule has 0 saturated carbocycles. The molecule has 19 heavy (non-hydrogen) atoms. The number of aromatic nitrogens is 2. The third-order valence-electron chi connectivity index (χ3n) is 3.06. The fourth-order valence-electron chi connectivity index (χ4n) is 2.06. The highest BCUT2D eigenvalue weighted by Gasteiger charge is 2.18. The van der Waals surface area contributed by atoms with Gasteiger partial charge in [0.05, 0.1) is 4.90 Å². The molecule has 0 spiro atoms. The molecule has 96 valence electrons. The lowest BCUT2D eigenvalue weighted by Gasteiger charge is -2.08. The van der Waals surface area contributed by atoms with E-state index in [9.17, 15) is 8.42 Å². The SMILES string of the molecule is Cc1nccn1S(=O)(=O)c1ccc2ccccc2c1. The van der Waals surface area contributed by atoms with Gasteiger partial charge >= 0.3 is 0 Å². The molecule has 0 aliphatic carbocycles. The maximum atomic E-state index is 12.5. The molecule has 4 nitrogen and oxygen atoms in total. The van der Waals surface area contributed by atoms with E-state index >= 15 is 0 Å². The van der Waals surface area contributed by atoms with E-state index in [0.29, 0.717) is 5.82 Å². The van der Waals surface area contributed by atoms with Gasteiger partial charge in [-0.1, -0.05) is 30.3 Å². The summed E-state index contributed by atoms with van der Waals surface area (Å²) in [7, 11) is -3.56. The van der Waals surface area contributed by atoms with Gasteiger partial charge in [-0.3, -0.25) is 0 Å².